The summed E-state index contributed by atoms with van der Waals surface area (Å²) in [6.45, 7) is 3.39. The highest BCUT2D eigenvalue weighted by atomic mass is 16.1. The number of hydrogen-bond donors (Lipinski definition) is 1. The van der Waals surface area contributed by atoms with E-state index in [4.69, 9.17) is 0 Å². The lowest BCUT2D eigenvalue weighted by atomic mass is 10.2. The minimum absolute atomic E-state index is 0.151. The first-order chi connectivity index (χ1) is 9.06. The van der Waals surface area contributed by atoms with Gasteiger partial charge in [0.1, 0.15) is 0 Å². The van der Waals surface area contributed by atoms with Gasteiger partial charge in [-0.1, -0.05) is 0 Å². The van der Waals surface area contributed by atoms with Gasteiger partial charge in [-0.05, 0) is 19.1 Å². The van der Waals surface area contributed by atoms with Crippen LogP contribution in [0.1, 0.15) is 12.6 Å². The Morgan fingerprint density at radius 1 is 1.32 bits per heavy atom. The van der Waals surface area contributed by atoms with Gasteiger partial charge in [0.05, 0.1) is 10.9 Å². The van der Waals surface area contributed by atoms with Crippen LogP contribution in [0.25, 0.3) is 21.9 Å². The van der Waals surface area contributed by atoms with E-state index in [9.17, 15) is 4.79 Å². The van der Waals surface area contributed by atoms with Crippen LogP contribution in [0, 0.1) is 6.92 Å². The van der Waals surface area contributed by atoms with Gasteiger partial charge in [-0.3, -0.25) is 9.48 Å². The first kappa shape index (κ1) is 11.6. The molecule has 0 fully saturated rings. The molecule has 0 unspecified atom stereocenters. The van der Waals surface area contributed by atoms with Crippen molar-refractivity contribution in [1.82, 2.24) is 19.7 Å². The number of rotatable bonds is 1. The zero-order valence-electron chi connectivity index (χ0n) is 10.9. The Hall–Kier alpha value is -2.50. The number of carbonyl (C=O) groups excluding carboxylic acids is 1. The van der Waals surface area contributed by atoms with Crippen LogP contribution in [0.5, 0.6) is 0 Å². The lowest BCUT2D eigenvalue weighted by Gasteiger charge is -2.01. The van der Waals surface area contributed by atoms with Crippen LogP contribution in [0.3, 0.4) is 0 Å². The van der Waals surface area contributed by atoms with Crippen molar-refractivity contribution < 1.29 is 4.79 Å². The predicted octanol–water partition coefficient (Wildman–Crippen LogP) is 1.78. The molecule has 0 aliphatic heterocycles. The van der Waals surface area contributed by atoms with Crippen LogP contribution in [0.15, 0.2) is 18.3 Å². The van der Waals surface area contributed by atoms with Gasteiger partial charge in [0.15, 0.2) is 11.5 Å². The number of amides is 1. The minimum Gasteiger partial charge on any atom is -0.309 e. The van der Waals surface area contributed by atoms with E-state index in [-0.39, 0.29) is 5.91 Å². The van der Waals surface area contributed by atoms with Gasteiger partial charge in [-0.15, -0.1) is 0 Å². The van der Waals surface area contributed by atoms with Gasteiger partial charge < -0.3 is 5.32 Å². The lowest BCUT2D eigenvalue weighted by Crippen LogP contribution is -2.06. The van der Waals surface area contributed by atoms with Gasteiger partial charge in [0.2, 0.25) is 5.91 Å². The third kappa shape index (κ3) is 1.81. The molecule has 1 amide bonds. The second-order valence-corrected chi connectivity index (χ2v) is 4.50. The molecule has 6 nitrogen and oxygen atoms in total. The van der Waals surface area contributed by atoms with Gasteiger partial charge in [-0.2, -0.15) is 5.10 Å². The number of hydrogen-bond acceptors (Lipinski definition) is 4. The molecule has 0 radical (unpaired) electrons. The highest BCUT2D eigenvalue weighted by molar-refractivity contribution is 6.08. The largest absolute Gasteiger partial charge is 0.309 e. The molecule has 0 aliphatic carbocycles. The lowest BCUT2D eigenvalue weighted by molar-refractivity contribution is -0.114. The van der Waals surface area contributed by atoms with E-state index < -0.39 is 0 Å². The fourth-order valence-corrected chi connectivity index (χ4v) is 2.19. The Morgan fingerprint density at radius 3 is 2.84 bits per heavy atom. The molecule has 0 saturated carbocycles. The van der Waals surface area contributed by atoms with Crippen LogP contribution < -0.4 is 5.32 Å². The Balaban J connectivity index is 2.37. The van der Waals surface area contributed by atoms with Crippen molar-refractivity contribution in [1.29, 1.82) is 0 Å². The normalized spacial score (nSPS) is 11.1. The second kappa shape index (κ2) is 4.01. The summed E-state index contributed by atoms with van der Waals surface area (Å²) < 4.78 is 1.74. The zero-order valence-corrected chi connectivity index (χ0v) is 10.9. The number of pyridine rings is 2. The maximum Gasteiger partial charge on any atom is 0.222 e. The quantitative estimate of drug-likeness (QED) is 0.719. The summed E-state index contributed by atoms with van der Waals surface area (Å²) in [6.07, 6.45) is 1.70. The molecule has 0 bridgehead atoms. The topological polar surface area (TPSA) is 72.7 Å². The summed E-state index contributed by atoms with van der Waals surface area (Å²) in [4.78, 5) is 19.9. The first-order valence-corrected chi connectivity index (χ1v) is 5.93. The van der Waals surface area contributed by atoms with Crippen molar-refractivity contribution in [2.75, 3.05) is 5.32 Å². The molecule has 0 aromatic carbocycles. The molecule has 0 saturated heterocycles. The van der Waals surface area contributed by atoms with Gasteiger partial charge in [0, 0.05) is 31.2 Å². The Morgan fingerprint density at radius 2 is 2.11 bits per heavy atom. The second-order valence-electron chi connectivity index (χ2n) is 4.50. The summed E-state index contributed by atoms with van der Waals surface area (Å²) >= 11 is 0. The predicted molar refractivity (Wildman–Crippen MR) is 72.9 cm³/mol. The monoisotopic (exact) mass is 255 g/mol. The van der Waals surface area contributed by atoms with Crippen molar-refractivity contribution in [3.63, 3.8) is 0 Å². The number of nitrogens with zero attached hydrogens (tertiary/aromatic N) is 4. The van der Waals surface area contributed by atoms with Gasteiger partial charge >= 0.3 is 0 Å². The molecular weight excluding hydrogens is 242 g/mol. The summed E-state index contributed by atoms with van der Waals surface area (Å²) in [5, 5.41) is 8.77. The highest BCUT2D eigenvalue weighted by Gasteiger charge is 2.13. The van der Waals surface area contributed by atoms with E-state index in [1.807, 2.05) is 26.1 Å². The van der Waals surface area contributed by atoms with Crippen LogP contribution in [0.2, 0.25) is 0 Å². The van der Waals surface area contributed by atoms with E-state index >= 15 is 0 Å². The molecule has 0 atom stereocenters. The summed E-state index contributed by atoms with van der Waals surface area (Å²) in [5.74, 6) is 0.377. The van der Waals surface area contributed by atoms with E-state index in [0.29, 0.717) is 11.5 Å². The summed E-state index contributed by atoms with van der Waals surface area (Å²) in [7, 11) is 1.84. The van der Waals surface area contributed by atoms with Crippen LogP contribution >= 0.6 is 0 Å². The van der Waals surface area contributed by atoms with Gasteiger partial charge in [-0.25, -0.2) is 9.97 Å². The zero-order chi connectivity index (χ0) is 13.6. The van der Waals surface area contributed by atoms with Crippen molar-refractivity contribution in [2.45, 2.75) is 13.8 Å². The molecule has 96 valence electrons. The standard InChI is InChI=1S/C13H13N5O/c1-7-4-5-9-11-10(6-14-12(9)15-7)13(16-8(2)19)17-18(11)3/h4-6H,1-3H3,(H,16,17,19). The van der Waals surface area contributed by atoms with Crippen molar-refractivity contribution in [2.24, 2.45) is 7.05 Å². The SMILES string of the molecule is CC(=O)Nc1nn(C)c2c1cnc1nc(C)ccc12. The van der Waals surface area contributed by atoms with Crippen LogP contribution in [0.4, 0.5) is 5.82 Å². The third-order valence-electron chi connectivity index (χ3n) is 2.96. The average molecular weight is 255 g/mol. The molecule has 3 heterocycles. The molecule has 0 aliphatic rings. The Bertz CT molecular complexity index is 806. The number of anilines is 1. The van der Waals surface area contributed by atoms with Gasteiger partial charge in [0.25, 0.3) is 0 Å². The molecule has 19 heavy (non-hydrogen) atoms. The van der Waals surface area contributed by atoms with Crippen molar-refractivity contribution in [3.05, 3.63) is 24.0 Å². The van der Waals surface area contributed by atoms with E-state index in [1.165, 1.54) is 6.92 Å². The number of aromatic nitrogens is 4. The van der Waals surface area contributed by atoms with Crippen LogP contribution in [-0.4, -0.2) is 25.7 Å². The highest BCUT2D eigenvalue weighted by Crippen LogP contribution is 2.27. The summed E-state index contributed by atoms with van der Waals surface area (Å²) in [5.41, 5.74) is 2.52. The smallest absolute Gasteiger partial charge is 0.222 e. The van der Waals surface area contributed by atoms with E-state index in [1.54, 1.807) is 10.9 Å². The van der Waals surface area contributed by atoms with E-state index in [0.717, 1.165) is 22.0 Å². The molecule has 0 spiro atoms. The fourth-order valence-electron chi connectivity index (χ4n) is 2.19. The molecule has 1 N–H and O–H groups in total. The third-order valence-corrected chi connectivity index (χ3v) is 2.96. The molecule has 3 aromatic rings. The van der Waals surface area contributed by atoms with Crippen molar-refractivity contribution >= 4 is 33.7 Å². The van der Waals surface area contributed by atoms with Crippen molar-refractivity contribution in [3.8, 4) is 0 Å². The maximum absolute atomic E-state index is 11.2. The number of aryl methyl sites for hydroxylation is 2. The number of fused-ring (bicyclic) bond motifs is 3. The Kier molecular flexibility index (Phi) is 2.45. The molecule has 6 heteroatoms. The fraction of sp³-hybridized carbons (Fsp3) is 0.231. The average Bonchev–Trinajstić information content (AvgIpc) is 2.65. The maximum atomic E-state index is 11.2. The summed E-state index contributed by atoms with van der Waals surface area (Å²) in [6, 6.07) is 3.92. The molecular formula is C13H13N5O. The number of carbonyl (C=O) groups is 1. The number of nitrogens with one attached hydrogen (secondary N) is 1. The Labute approximate surface area is 109 Å². The van der Waals surface area contributed by atoms with E-state index in [2.05, 4.69) is 20.4 Å². The first-order valence-electron chi connectivity index (χ1n) is 5.93. The van der Waals surface area contributed by atoms with Crippen LogP contribution in [-0.2, 0) is 11.8 Å². The molecule has 3 aromatic heterocycles. The molecule has 3 rings (SSSR count). The minimum atomic E-state index is -0.151.